The third-order valence-electron chi connectivity index (χ3n) is 4.12. The number of carboxylic acids is 1. The van der Waals surface area contributed by atoms with E-state index in [1.54, 1.807) is 0 Å². The smallest absolute Gasteiger partial charge is 0.303 e. The van der Waals surface area contributed by atoms with E-state index in [-0.39, 0.29) is 12.3 Å². The molecular formula is C19H20O3. The maximum atomic E-state index is 11.1. The Morgan fingerprint density at radius 2 is 1.91 bits per heavy atom. The molecule has 0 spiro atoms. The van der Waals surface area contributed by atoms with Crippen molar-refractivity contribution in [1.29, 1.82) is 0 Å². The van der Waals surface area contributed by atoms with Gasteiger partial charge in [-0.25, -0.2) is 0 Å². The summed E-state index contributed by atoms with van der Waals surface area (Å²) in [5, 5.41) is 9.11. The molecule has 3 nitrogen and oxygen atoms in total. The first-order valence-corrected chi connectivity index (χ1v) is 7.71. The lowest BCUT2D eigenvalue weighted by Gasteiger charge is -2.16. The highest BCUT2D eigenvalue weighted by atomic mass is 16.5. The predicted molar refractivity (Wildman–Crippen MR) is 84.9 cm³/mol. The van der Waals surface area contributed by atoms with Crippen LogP contribution >= 0.6 is 0 Å². The molecule has 22 heavy (non-hydrogen) atoms. The van der Waals surface area contributed by atoms with Crippen LogP contribution in [-0.4, -0.2) is 11.1 Å². The van der Waals surface area contributed by atoms with Crippen molar-refractivity contribution in [2.75, 3.05) is 0 Å². The molecule has 1 N–H and O–H groups in total. The maximum absolute atomic E-state index is 11.1. The van der Waals surface area contributed by atoms with Crippen molar-refractivity contribution in [3.63, 3.8) is 0 Å². The third-order valence-corrected chi connectivity index (χ3v) is 4.12. The Kier molecular flexibility index (Phi) is 4.42. The van der Waals surface area contributed by atoms with Crippen LogP contribution in [0.25, 0.3) is 0 Å². The van der Waals surface area contributed by atoms with Crippen molar-refractivity contribution in [3.05, 3.63) is 65.7 Å². The van der Waals surface area contributed by atoms with Crippen molar-refractivity contribution in [1.82, 2.24) is 0 Å². The van der Waals surface area contributed by atoms with E-state index in [4.69, 9.17) is 9.84 Å². The first-order valence-electron chi connectivity index (χ1n) is 7.71. The van der Waals surface area contributed by atoms with E-state index >= 15 is 0 Å². The number of aliphatic carboxylic acids is 1. The lowest BCUT2D eigenvalue weighted by Crippen LogP contribution is -2.08. The molecule has 1 saturated carbocycles. The standard InChI is InChI=1S/C19H20O3/c20-19(21)12-18(15-9-10-15)16-7-4-8-17(11-16)22-13-14-5-2-1-3-6-14/h1-8,11,15,18H,9-10,12-13H2,(H,20,21). The molecule has 2 aromatic carbocycles. The zero-order valence-corrected chi connectivity index (χ0v) is 12.4. The van der Waals surface area contributed by atoms with Gasteiger partial charge in [0.25, 0.3) is 0 Å². The van der Waals surface area contributed by atoms with Crippen molar-refractivity contribution in [2.24, 2.45) is 5.92 Å². The summed E-state index contributed by atoms with van der Waals surface area (Å²) in [7, 11) is 0. The molecule has 1 unspecified atom stereocenters. The van der Waals surface area contributed by atoms with Gasteiger partial charge in [0.1, 0.15) is 12.4 Å². The molecule has 0 heterocycles. The molecule has 0 aromatic heterocycles. The Morgan fingerprint density at radius 1 is 1.14 bits per heavy atom. The van der Waals surface area contributed by atoms with Crippen LogP contribution in [0.3, 0.4) is 0 Å². The van der Waals surface area contributed by atoms with Gasteiger partial charge in [0.05, 0.1) is 6.42 Å². The summed E-state index contributed by atoms with van der Waals surface area (Å²) >= 11 is 0. The van der Waals surface area contributed by atoms with Crippen molar-refractivity contribution < 1.29 is 14.6 Å². The summed E-state index contributed by atoms with van der Waals surface area (Å²) in [4.78, 5) is 11.1. The van der Waals surface area contributed by atoms with Gasteiger partial charge in [0.15, 0.2) is 0 Å². The second-order valence-electron chi connectivity index (χ2n) is 5.89. The average molecular weight is 296 g/mol. The van der Waals surface area contributed by atoms with E-state index in [1.807, 2.05) is 54.6 Å². The molecular weight excluding hydrogens is 276 g/mol. The molecule has 0 aliphatic heterocycles. The van der Waals surface area contributed by atoms with E-state index in [0.717, 1.165) is 29.7 Å². The van der Waals surface area contributed by atoms with Crippen LogP contribution in [0.1, 0.15) is 36.3 Å². The fourth-order valence-corrected chi connectivity index (χ4v) is 2.82. The zero-order chi connectivity index (χ0) is 15.4. The molecule has 1 aliphatic carbocycles. The average Bonchev–Trinajstić information content (AvgIpc) is 3.36. The molecule has 0 amide bonds. The van der Waals surface area contributed by atoms with E-state index < -0.39 is 5.97 Å². The lowest BCUT2D eigenvalue weighted by molar-refractivity contribution is -0.137. The number of hydrogen-bond donors (Lipinski definition) is 1. The van der Waals surface area contributed by atoms with Gasteiger partial charge in [-0.3, -0.25) is 4.79 Å². The molecule has 0 radical (unpaired) electrons. The molecule has 0 saturated heterocycles. The number of carboxylic acid groups (broad SMARTS) is 1. The van der Waals surface area contributed by atoms with Gasteiger partial charge in [-0.15, -0.1) is 0 Å². The molecule has 3 heteroatoms. The topological polar surface area (TPSA) is 46.5 Å². The summed E-state index contributed by atoms with van der Waals surface area (Å²) < 4.78 is 5.84. The molecule has 0 bridgehead atoms. The predicted octanol–water partition coefficient (Wildman–Crippen LogP) is 4.23. The van der Waals surface area contributed by atoms with Gasteiger partial charge in [-0.2, -0.15) is 0 Å². The number of carbonyl (C=O) groups is 1. The minimum atomic E-state index is -0.729. The van der Waals surface area contributed by atoms with Crippen LogP contribution in [0.15, 0.2) is 54.6 Å². The SMILES string of the molecule is O=C(O)CC(c1cccc(OCc2ccccc2)c1)C1CC1. The number of benzene rings is 2. The normalized spacial score (nSPS) is 15.3. The highest BCUT2D eigenvalue weighted by Gasteiger charge is 2.33. The Bertz CT molecular complexity index is 632. The van der Waals surface area contributed by atoms with Gasteiger partial charge >= 0.3 is 5.97 Å². The number of ether oxygens (including phenoxy) is 1. The summed E-state index contributed by atoms with van der Waals surface area (Å²) in [5.41, 5.74) is 2.20. The van der Waals surface area contributed by atoms with Crippen molar-refractivity contribution in [2.45, 2.75) is 31.8 Å². The van der Waals surface area contributed by atoms with Crippen molar-refractivity contribution in [3.8, 4) is 5.75 Å². The van der Waals surface area contributed by atoms with Gasteiger partial charge in [-0.05, 0) is 47.9 Å². The van der Waals surface area contributed by atoms with Crippen LogP contribution in [0.4, 0.5) is 0 Å². The fourth-order valence-electron chi connectivity index (χ4n) is 2.82. The van der Waals surface area contributed by atoms with Gasteiger partial charge in [0.2, 0.25) is 0 Å². The minimum Gasteiger partial charge on any atom is -0.489 e. The highest BCUT2D eigenvalue weighted by Crippen LogP contribution is 2.45. The third kappa shape index (κ3) is 3.88. The molecule has 1 fully saturated rings. The molecule has 114 valence electrons. The Hall–Kier alpha value is -2.29. The van der Waals surface area contributed by atoms with Gasteiger partial charge < -0.3 is 9.84 Å². The first-order chi connectivity index (χ1) is 10.7. The number of rotatable bonds is 7. The maximum Gasteiger partial charge on any atom is 0.303 e. The zero-order valence-electron chi connectivity index (χ0n) is 12.4. The van der Waals surface area contributed by atoms with Crippen LogP contribution in [-0.2, 0) is 11.4 Å². The van der Waals surface area contributed by atoms with E-state index in [1.165, 1.54) is 0 Å². The molecule has 1 atom stereocenters. The number of hydrogen-bond acceptors (Lipinski definition) is 2. The monoisotopic (exact) mass is 296 g/mol. The van der Waals surface area contributed by atoms with Crippen LogP contribution in [0.2, 0.25) is 0 Å². The van der Waals surface area contributed by atoms with Crippen LogP contribution < -0.4 is 4.74 Å². The van der Waals surface area contributed by atoms with E-state index in [9.17, 15) is 4.79 Å². The largest absolute Gasteiger partial charge is 0.489 e. The Labute approximate surface area is 130 Å². The summed E-state index contributed by atoms with van der Waals surface area (Å²) in [6, 6.07) is 17.9. The highest BCUT2D eigenvalue weighted by molar-refractivity contribution is 5.68. The second-order valence-corrected chi connectivity index (χ2v) is 5.89. The van der Waals surface area contributed by atoms with Gasteiger partial charge in [0, 0.05) is 0 Å². The van der Waals surface area contributed by atoms with Crippen LogP contribution in [0.5, 0.6) is 5.75 Å². The quantitative estimate of drug-likeness (QED) is 0.831. The summed E-state index contributed by atoms with van der Waals surface area (Å²) in [6.07, 6.45) is 2.47. The van der Waals surface area contributed by atoms with Crippen molar-refractivity contribution >= 4 is 5.97 Å². The first kappa shape index (κ1) is 14.6. The Balaban J connectivity index is 1.70. The lowest BCUT2D eigenvalue weighted by atomic mass is 9.91. The summed E-state index contributed by atoms with van der Waals surface area (Å²) in [5.74, 6) is 0.697. The molecule has 2 aromatic rings. The van der Waals surface area contributed by atoms with E-state index in [0.29, 0.717) is 12.5 Å². The minimum absolute atomic E-state index is 0.109. The molecule has 3 rings (SSSR count). The fraction of sp³-hybridized carbons (Fsp3) is 0.316. The van der Waals surface area contributed by atoms with E-state index in [2.05, 4.69) is 0 Å². The van der Waals surface area contributed by atoms with Crippen LogP contribution in [0, 0.1) is 5.92 Å². The molecule has 1 aliphatic rings. The Morgan fingerprint density at radius 3 is 2.59 bits per heavy atom. The van der Waals surface area contributed by atoms with Gasteiger partial charge in [-0.1, -0.05) is 42.5 Å². The summed E-state index contributed by atoms with van der Waals surface area (Å²) in [6.45, 7) is 0.525. The second kappa shape index (κ2) is 6.65.